The second kappa shape index (κ2) is 6.78. The van der Waals surface area contributed by atoms with Gasteiger partial charge < -0.3 is 14.8 Å². The van der Waals surface area contributed by atoms with Gasteiger partial charge in [-0.2, -0.15) is 0 Å². The summed E-state index contributed by atoms with van der Waals surface area (Å²) in [4.78, 5) is 23.3. The highest BCUT2D eigenvalue weighted by atomic mass is 16.5. The Labute approximate surface area is 112 Å². The Morgan fingerprint density at radius 1 is 1.16 bits per heavy atom. The van der Waals surface area contributed by atoms with Crippen LogP contribution in [0.25, 0.3) is 0 Å². The monoisotopic (exact) mass is 265 g/mol. The van der Waals surface area contributed by atoms with E-state index in [1.807, 2.05) is 0 Å². The lowest BCUT2D eigenvalue weighted by molar-refractivity contribution is -0.123. The van der Waals surface area contributed by atoms with Gasteiger partial charge in [0.25, 0.3) is 0 Å². The van der Waals surface area contributed by atoms with Crippen molar-refractivity contribution in [2.75, 3.05) is 20.8 Å². The van der Waals surface area contributed by atoms with E-state index in [9.17, 15) is 9.59 Å². The lowest BCUT2D eigenvalue weighted by atomic mass is 10.1. The van der Waals surface area contributed by atoms with Crippen LogP contribution in [0.3, 0.4) is 0 Å². The molecule has 1 aromatic carbocycles. The normalized spacial score (nSPS) is 10.2. The summed E-state index contributed by atoms with van der Waals surface area (Å²) in [6.07, 6.45) is 0. The minimum atomic E-state index is -0.171. The van der Waals surface area contributed by atoms with Gasteiger partial charge >= 0.3 is 0 Å². The second-order valence-electron chi connectivity index (χ2n) is 4.37. The Morgan fingerprint density at radius 2 is 1.79 bits per heavy atom. The summed E-state index contributed by atoms with van der Waals surface area (Å²) in [5.41, 5.74) is 0.474. The molecule has 0 radical (unpaired) electrons. The topological polar surface area (TPSA) is 64.6 Å². The Morgan fingerprint density at radius 3 is 2.32 bits per heavy atom. The van der Waals surface area contributed by atoms with E-state index < -0.39 is 0 Å². The zero-order valence-electron chi connectivity index (χ0n) is 11.6. The van der Waals surface area contributed by atoms with Gasteiger partial charge in [0.2, 0.25) is 5.91 Å². The lowest BCUT2D eigenvalue weighted by Crippen LogP contribution is -2.32. The minimum Gasteiger partial charge on any atom is -0.493 e. The van der Waals surface area contributed by atoms with Gasteiger partial charge in [-0.05, 0) is 18.2 Å². The van der Waals surface area contributed by atoms with Crippen LogP contribution in [0, 0.1) is 5.92 Å². The van der Waals surface area contributed by atoms with E-state index in [-0.39, 0.29) is 24.2 Å². The average Bonchev–Trinajstić information content (AvgIpc) is 2.43. The van der Waals surface area contributed by atoms with E-state index in [4.69, 9.17) is 9.47 Å². The Kier molecular flexibility index (Phi) is 5.36. The van der Waals surface area contributed by atoms with E-state index in [1.54, 1.807) is 32.0 Å². The van der Waals surface area contributed by atoms with Crippen molar-refractivity contribution < 1.29 is 19.1 Å². The number of rotatable bonds is 6. The summed E-state index contributed by atoms with van der Waals surface area (Å²) in [5, 5.41) is 2.59. The number of methoxy groups -OCH3 is 2. The summed E-state index contributed by atoms with van der Waals surface area (Å²) in [6.45, 7) is 3.53. The molecule has 1 aromatic rings. The van der Waals surface area contributed by atoms with Gasteiger partial charge in [0.05, 0.1) is 20.8 Å². The van der Waals surface area contributed by atoms with Crippen molar-refractivity contribution in [2.24, 2.45) is 5.92 Å². The summed E-state index contributed by atoms with van der Waals surface area (Å²) in [6, 6.07) is 4.91. The molecule has 0 fully saturated rings. The fraction of sp³-hybridized carbons (Fsp3) is 0.429. The van der Waals surface area contributed by atoms with Crippen molar-refractivity contribution in [1.29, 1.82) is 0 Å². The number of amides is 1. The Hall–Kier alpha value is -2.04. The van der Waals surface area contributed by atoms with Crippen molar-refractivity contribution in [2.45, 2.75) is 13.8 Å². The first-order valence-corrected chi connectivity index (χ1v) is 6.02. The molecule has 1 amide bonds. The highest BCUT2D eigenvalue weighted by Gasteiger charge is 2.13. The molecule has 0 aliphatic carbocycles. The fourth-order valence-electron chi connectivity index (χ4n) is 1.48. The first-order valence-electron chi connectivity index (χ1n) is 6.02. The predicted octanol–water partition coefficient (Wildman–Crippen LogP) is 1.66. The molecule has 104 valence electrons. The number of carbonyl (C=O) groups is 2. The number of nitrogens with one attached hydrogen (secondary N) is 1. The highest BCUT2D eigenvalue weighted by molar-refractivity contribution is 6.00. The maximum absolute atomic E-state index is 11.9. The van der Waals surface area contributed by atoms with Gasteiger partial charge in [0.1, 0.15) is 0 Å². The minimum absolute atomic E-state index is 0.0213. The van der Waals surface area contributed by atoms with E-state index in [0.29, 0.717) is 17.1 Å². The molecule has 0 unspecified atom stereocenters. The number of ether oxygens (including phenoxy) is 2. The van der Waals surface area contributed by atoms with E-state index >= 15 is 0 Å². The van der Waals surface area contributed by atoms with Gasteiger partial charge in [-0.1, -0.05) is 13.8 Å². The quantitative estimate of drug-likeness (QED) is 0.794. The van der Waals surface area contributed by atoms with Crippen LogP contribution in [-0.2, 0) is 4.79 Å². The van der Waals surface area contributed by atoms with Crippen LogP contribution in [-0.4, -0.2) is 32.5 Å². The molecule has 5 heteroatoms. The number of ketones is 1. The third kappa shape index (κ3) is 3.98. The molecule has 0 aliphatic rings. The SMILES string of the molecule is COc1ccc(C(=O)CNC(=O)C(C)C)cc1OC. The van der Waals surface area contributed by atoms with Crippen LogP contribution in [0.15, 0.2) is 18.2 Å². The van der Waals surface area contributed by atoms with Crippen LogP contribution in [0.4, 0.5) is 0 Å². The van der Waals surface area contributed by atoms with E-state index in [0.717, 1.165) is 0 Å². The van der Waals surface area contributed by atoms with Crippen molar-refractivity contribution in [3.8, 4) is 11.5 Å². The fourth-order valence-corrected chi connectivity index (χ4v) is 1.48. The van der Waals surface area contributed by atoms with E-state index in [1.165, 1.54) is 14.2 Å². The largest absolute Gasteiger partial charge is 0.493 e. The van der Waals surface area contributed by atoms with Crippen molar-refractivity contribution in [1.82, 2.24) is 5.32 Å². The van der Waals surface area contributed by atoms with Crippen LogP contribution < -0.4 is 14.8 Å². The molecule has 0 atom stereocenters. The van der Waals surface area contributed by atoms with Crippen LogP contribution >= 0.6 is 0 Å². The summed E-state index contributed by atoms with van der Waals surface area (Å²) < 4.78 is 10.2. The second-order valence-corrected chi connectivity index (χ2v) is 4.37. The van der Waals surface area contributed by atoms with E-state index in [2.05, 4.69) is 5.32 Å². The average molecular weight is 265 g/mol. The third-order valence-electron chi connectivity index (χ3n) is 2.65. The first kappa shape index (κ1) is 15.0. The van der Waals surface area contributed by atoms with Gasteiger partial charge in [-0.15, -0.1) is 0 Å². The Balaban J connectivity index is 2.75. The standard InChI is InChI=1S/C14H19NO4/c1-9(2)14(17)15-8-11(16)10-5-6-12(18-3)13(7-10)19-4/h5-7,9H,8H2,1-4H3,(H,15,17). The molecule has 5 nitrogen and oxygen atoms in total. The third-order valence-corrected chi connectivity index (χ3v) is 2.65. The molecule has 0 aromatic heterocycles. The summed E-state index contributed by atoms with van der Waals surface area (Å²) in [5.74, 6) is 0.593. The van der Waals surface area contributed by atoms with Gasteiger partial charge in [0, 0.05) is 11.5 Å². The van der Waals surface area contributed by atoms with Gasteiger partial charge in [-0.3, -0.25) is 9.59 Å². The first-order chi connectivity index (χ1) is 8.99. The number of hydrogen-bond acceptors (Lipinski definition) is 4. The van der Waals surface area contributed by atoms with Crippen molar-refractivity contribution in [3.05, 3.63) is 23.8 Å². The Bertz CT molecular complexity index is 469. The smallest absolute Gasteiger partial charge is 0.222 e. The van der Waals surface area contributed by atoms with Crippen LogP contribution in [0.1, 0.15) is 24.2 Å². The molecule has 1 rings (SSSR count). The van der Waals surface area contributed by atoms with Crippen LogP contribution in [0.2, 0.25) is 0 Å². The molecular formula is C14H19NO4. The summed E-state index contributed by atoms with van der Waals surface area (Å²) >= 11 is 0. The van der Waals surface area contributed by atoms with Gasteiger partial charge in [0.15, 0.2) is 17.3 Å². The number of benzene rings is 1. The maximum Gasteiger partial charge on any atom is 0.222 e. The van der Waals surface area contributed by atoms with Crippen molar-refractivity contribution >= 4 is 11.7 Å². The number of Topliss-reactive ketones (excluding diaryl/α,β-unsaturated/α-hetero) is 1. The molecule has 19 heavy (non-hydrogen) atoms. The maximum atomic E-state index is 11.9. The molecule has 0 heterocycles. The molecule has 0 bridgehead atoms. The van der Waals surface area contributed by atoms with Crippen LogP contribution in [0.5, 0.6) is 11.5 Å². The zero-order valence-corrected chi connectivity index (χ0v) is 11.6. The highest BCUT2D eigenvalue weighted by Crippen LogP contribution is 2.27. The molecule has 0 spiro atoms. The molecule has 1 N–H and O–H groups in total. The zero-order chi connectivity index (χ0) is 14.4. The number of hydrogen-bond donors (Lipinski definition) is 1. The molecule has 0 aliphatic heterocycles. The van der Waals surface area contributed by atoms with Crippen molar-refractivity contribution in [3.63, 3.8) is 0 Å². The lowest BCUT2D eigenvalue weighted by Gasteiger charge is -2.10. The summed E-state index contributed by atoms with van der Waals surface area (Å²) in [7, 11) is 3.04. The van der Waals surface area contributed by atoms with Gasteiger partial charge in [-0.25, -0.2) is 0 Å². The molecule has 0 saturated carbocycles. The predicted molar refractivity (Wildman–Crippen MR) is 71.7 cm³/mol. The number of carbonyl (C=O) groups excluding carboxylic acids is 2. The molecule has 0 saturated heterocycles. The molecular weight excluding hydrogens is 246 g/mol.